The van der Waals surface area contributed by atoms with E-state index in [4.69, 9.17) is 4.74 Å². The molecule has 130 valence electrons. The van der Waals surface area contributed by atoms with Gasteiger partial charge in [-0.05, 0) is 36.6 Å². The number of hydrogen-bond donors (Lipinski definition) is 1. The van der Waals surface area contributed by atoms with Crippen LogP contribution >= 0.6 is 11.8 Å². The molecule has 0 saturated carbocycles. The largest absolute Gasteiger partial charge is 0.497 e. The third kappa shape index (κ3) is 3.96. The highest BCUT2D eigenvalue weighted by Crippen LogP contribution is 2.29. The first-order valence-electron chi connectivity index (χ1n) is 8.00. The number of amides is 2. The van der Waals surface area contributed by atoms with Gasteiger partial charge in [-0.15, -0.1) is 11.8 Å². The topological polar surface area (TPSA) is 58.6 Å². The minimum absolute atomic E-state index is 0.0498. The highest BCUT2D eigenvalue weighted by molar-refractivity contribution is 7.98. The van der Waals surface area contributed by atoms with Crippen LogP contribution in [0.3, 0.4) is 0 Å². The Balaban J connectivity index is 1.69. The number of ether oxygens (including phenoxy) is 1. The first kappa shape index (κ1) is 17.4. The summed E-state index contributed by atoms with van der Waals surface area (Å²) in [6, 6.07) is 15.0. The van der Waals surface area contributed by atoms with Crippen LogP contribution in [-0.2, 0) is 9.59 Å². The summed E-state index contributed by atoms with van der Waals surface area (Å²) in [5, 5.41) is 2.92. The fraction of sp³-hybridized carbons (Fsp3) is 0.263. The van der Waals surface area contributed by atoms with Crippen molar-refractivity contribution in [2.75, 3.05) is 30.1 Å². The van der Waals surface area contributed by atoms with Crippen molar-refractivity contribution in [3.63, 3.8) is 0 Å². The van der Waals surface area contributed by atoms with Crippen molar-refractivity contribution >= 4 is 35.0 Å². The lowest BCUT2D eigenvalue weighted by atomic mass is 10.1. The second kappa shape index (κ2) is 7.61. The second-order valence-corrected chi connectivity index (χ2v) is 6.71. The van der Waals surface area contributed by atoms with Gasteiger partial charge in [0.1, 0.15) is 5.75 Å². The standard InChI is InChI=1S/C19H20N2O3S/c1-24-16-7-4-6-15(11-16)21-12-13(9-18(21)22)19(23)20-14-5-3-8-17(10-14)25-2/h3-8,10-11,13H,9,12H2,1-2H3,(H,20,23)/t13-/m0/s1. The van der Waals surface area contributed by atoms with Crippen LogP contribution in [0, 0.1) is 5.92 Å². The molecule has 0 unspecified atom stereocenters. The normalized spacial score (nSPS) is 16.8. The van der Waals surface area contributed by atoms with Crippen LogP contribution in [0.15, 0.2) is 53.4 Å². The zero-order valence-corrected chi connectivity index (χ0v) is 15.0. The molecule has 1 N–H and O–H groups in total. The molecule has 0 bridgehead atoms. The Labute approximate surface area is 151 Å². The number of methoxy groups -OCH3 is 1. The lowest BCUT2D eigenvalue weighted by Crippen LogP contribution is -2.28. The first-order chi connectivity index (χ1) is 12.1. The summed E-state index contributed by atoms with van der Waals surface area (Å²) in [6.45, 7) is 0.375. The van der Waals surface area contributed by atoms with Crippen LogP contribution in [0.2, 0.25) is 0 Å². The highest BCUT2D eigenvalue weighted by atomic mass is 32.2. The molecule has 1 fully saturated rings. The summed E-state index contributed by atoms with van der Waals surface area (Å²) in [4.78, 5) is 27.6. The van der Waals surface area contributed by atoms with Gasteiger partial charge in [0, 0.05) is 35.3 Å². The van der Waals surface area contributed by atoms with E-state index in [0.29, 0.717) is 12.3 Å². The van der Waals surface area contributed by atoms with Gasteiger partial charge in [0.05, 0.1) is 13.0 Å². The number of carbonyl (C=O) groups excluding carboxylic acids is 2. The molecule has 6 heteroatoms. The Morgan fingerprint density at radius 3 is 2.80 bits per heavy atom. The zero-order chi connectivity index (χ0) is 17.8. The Kier molecular flexibility index (Phi) is 5.28. The molecule has 0 aromatic heterocycles. The number of anilines is 2. The Bertz CT molecular complexity index is 794. The van der Waals surface area contributed by atoms with Crippen LogP contribution < -0.4 is 15.0 Å². The smallest absolute Gasteiger partial charge is 0.229 e. The number of hydrogen-bond acceptors (Lipinski definition) is 4. The fourth-order valence-electron chi connectivity index (χ4n) is 2.86. The van der Waals surface area contributed by atoms with Gasteiger partial charge < -0.3 is 15.0 Å². The van der Waals surface area contributed by atoms with Gasteiger partial charge in [-0.25, -0.2) is 0 Å². The second-order valence-electron chi connectivity index (χ2n) is 5.83. The van der Waals surface area contributed by atoms with Gasteiger partial charge in [0.15, 0.2) is 0 Å². The minimum Gasteiger partial charge on any atom is -0.497 e. The molecule has 25 heavy (non-hydrogen) atoms. The molecule has 1 saturated heterocycles. The maximum absolute atomic E-state index is 12.5. The number of carbonyl (C=O) groups is 2. The van der Waals surface area contributed by atoms with Crippen LogP contribution in [0.5, 0.6) is 5.75 Å². The third-order valence-corrected chi connectivity index (χ3v) is 4.92. The predicted molar refractivity (Wildman–Crippen MR) is 100 cm³/mol. The molecule has 2 aromatic rings. The average Bonchev–Trinajstić information content (AvgIpc) is 3.04. The summed E-state index contributed by atoms with van der Waals surface area (Å²) < 4.78 is 5.21. The van der Waals surface area contributed by atoms with Crippen molar-refractivity contribution < 1.29 is 14.3 Å². The van der Waals surface area contributed by atoms with Gasteiger partial charge in [-0.1, -0.05) is 12.1 Å². The highest BCUT2D eigenvalue weighted by Gasteiger charge is 2.35. The maximum atomic E-state index is 12.5. The predicted octanol–water partition coefficient (Wildman–Crippen LogP) is 3.41. The Morgan fingerprint density at radius 2 is 2.04 bits per heavy atom. The van der Waals surface area contributed by atoms with Gasteiger partial charge in [0.2, 0.25) is 11.8 Å². The molecule has 0 aliphatic carbocycles. The van der Waals surface area contributed by atoms with Crippen molar-refractivity contribution in [1.29, 1.82) is 0 Å². The van der Waals surface area contributed by atoms with E-state index in [1.165, 1.54) is 0 Å². The number of thioether (sulfide) groups is 1. The lowest BCUT2D eigenvalue weighted by Gasteiger charge is -2.17. The molecule has 1 aliphatic heterocycles. The monoisotopic (exact) mass is 356 g/mol. The number of nitrogens with zero attached hydrogens (tertiary/aromatic N) is 1. The van der Waals surface area contributed by atoms with Crippen LogP contribution in [0.4, 0.5) is 11.4 Å². The average molecular weight is 356 g/mol. The van der Waals surface area contributed by atoms with Gasteiger partial charge >= 0.3 is 0 Å². The van der Waals surface area contributed by atoms with E-state index in [1.54, 1.807) is 29.8 Å². The quantitative estimate of drug-likeness (QED) is 0.834. The van der Waals surface area contributed by atoms with Crippen molar-refractivity contribution in [2.24, 2.45) is 5.92 Å². The van der Waals surface area contributed by atoms with E-state index in [1.807, 2.05) is 48.7 Å². The van der Waals surface area contributed by atoms with E-state index in [9.17, 15) is 9.59 Å². The molecule has 0 radical (unpaired) electrons. The van der Waals surface area contributed by atoms with Gasteiger partial charge in [-0.2, -0.15) is 0 Å². The van der Waals surface area contributed by atoms with Crippen LogP contribution in [0.25, 0.3) is 0 Å². The molecule has 1 atom stereocenters. The Hall–Kier alpha value is -2.47. The molecular formula is C19H20N2O3S. The number of nitrogens with one attached hydrogen (secondary N) is 1. The van der Waals surface area contributed by atoms with E-state index < -0.39 is 0 Å². The first-order valence-corrected chi connectivity index (χ1v) is 9.22. The summed E-state index contributed by atoms with van der Waals surface area (Å²) in [5.74, 6) is 0.145. The SMILES string of the molecule is COc1cccc(N2C[C@@H](C(=O)Nc3cccc(SC)c3)CC2=O)c1. The summed E-state index contributed by atoms with van der Waals surface area (Å²) in [7, 11) is 1.59. The summed E-state index contributed by atoms with van der Waals surface area (Å²) >= 11 is 1.62. The number of benzene rings is 2. The lowest BCUT2D eigenvalue weighted by molar-refractivity contribution is -0.122. The molecule has 5 nitrogen and oxygen atoms in total. The van der Waals surface area contributed by atoms with Crippen LogP contribution in [-0.4, -0.2) is 31.7 Å². The number of rotatable bonds is 5. The van der Waals surface area contributed by atoms with Crippen molar-refractivity contribution in [1.82, 2.24) is 0 Å². The Morgan fingerprint density at radius 1 is 1.24 bits per heavy atom. The summed E-state index contributed by atoms with van der Waals surface area (Å²) in [6.07, 6.45) is 2.20. The van der Waals surface area contributed by atoms with E-state index in [2.05, 4.69) is 5.32 Å². The maximum Gasteiger partial charge on any atom is 0.229 e. The molecule has 0 spiro atoms. The van der Waals surface area contributed by atoms with Crippen molar-refractivity contribution in [3.8, 4) is 5.75 Å². The van der Waals surface area contributed by atoms with Gasteiger partial charge in [0.25, 0.3) is 0 Å². The fourth-order valence-corrected chi connectivity index (χ4v) is 3.32. The van der Waals surface area contributed by atoms with Crippen molar-refractivity contribution in [2.45, 2.75) is 11.3 Å². The molecule has 2 amide bonds. The molecular weight excluding hydrogens is 336 g/mol. The van der Waals surface area contributed by atoms with E-state index in [-0.39, 0.29) is 24.2 Å². The molecule has 2 aromatic carbocycles. The van der Waals surface area contributed by atoms with Crippen molar-refractivity contribution in [3.05, 3.63) is 48.5 Å². The zero-order valence-electron chi connectivity index (χ0n) is 14.2. The van der Waals surface area contributed by atoms with E-state index in [0.717, 1.165) is 16.3 Å². The van der Waals surface area contributed by atoms with Crippen LogP contribution in [0.1, 0.15) is 6.42 Å². The van der Waals surface area contributed by atoms with E-state index >= 15 is 0 Å². The molecule has 1 aliphatic rings. The molecule has 1 heterocycles. The third-order valence-electron chi connectivity index (χ3n) is 4.20. The minimum atomic E-state index is -0.364. The molecule has 3 rings (SSSR count). The summed E-state index contributed by atoms with van der Waals surface area (Å²) in [5.41, 5.74) is 1.51. The van der Waals surface area contributed by atoms with Gasteiger partial charge in [-0.3, -0.25) is 9.59 Å².